The van der Waals surface area contributed by atoms with Crippen LogP contribution in [0.4, 0.5) is 4.39 Å². The number of carboxylic acid groups (broad SMARTS) is 1. The minimum absolute atomic E-state index is 0.283. The number of carbonyl (C=O) groups is 2. The Bertz CT molecular complexity index is 712. The molecule has 1 amide bonds. The SMILES string of the molecule is O=C(N[C@H]1CCC[C@H]1C(=O)O)c1cc2cc(F)ccc2s1. The van der Waals surface area contributed by atoms with Crippen molar-refractivity contribution in [1.29, 1.82) is 0 Å². The molecule has 1 aromatic heterocycles. The van der Waals surface area contributed by atoms with Crippen molar-refractivity contribution in [3.63, 3.8) is 0 Å². The van der Waals surface area contributed by atoms with Gasteiger partial charge in [-0.05, 0) is 42.5 Å². The van der Waals surface area contributed by atoms with E-state index in [-0.39, 0.29) is 17.8 Å². The Labute approximate surface area is 124 Å². The second kappa shape index (κ2) is 5.44. The van der Waals surface area contributed by atoms with Gasteiger partial charge in [0, 0.05) is 10.7 Å². The van der Waals surface area contributed by atoms with Crippen LogP contribution in [0.15, 0.2) is 24.3 Å². The van der Waals surface area contributed by atoms with Gasteiger partial charge in [-0.25, -0.2) is 4.39 Å². The van der Waals surface area contributed by atoms with Gasteiger partial charge in [0.05, 0.1) is 10.8 Å². The van der Waals surface area contributed by atoms with Crippen molar-refractivity contribution in [3.05, 3.63) is 35.0 Å². The lowest BCUT2D eigenvalue weighted by molar-refractivity contribution is -0.142. The van der Waals surface area contributed by atoms with Gasteiger partial charge < -0.3 is 10.4 Å². The fourth-order valence-electron chi connectivity index (χ4n) is 2.79. The molecule has 4 nitrogen and oxygen atoms in total. The molecule has 1 aliphatic carbocycles. The molecule has 2 atom stereocenters. The standard InChI is InChI=1S/C15H14FNO3S/c16-9-4-5-12-8(6-9)7-13(21-12)14(18)17-11-3-1-2-10(11)15(19)20/h4-7,10-11H,1-3H2,(H,17,18)(H,19,20)/t10-,11+/m1/s1. The Morgan fingerprint density at radius 3 is 2.86 bits per heavy atom. The zero-order valence-electron chi connectivity index (χ0n) is 11.1. The lowest BCUT2D eigenvalue weighted by atomic mass is 10.0. The molecule has 110 valence electrons. The van der Waals surface area contributed by atoms with Crippen molar-refractivity contribution in [2.45, 2.75) is 25.3 Å². The largest absolute Gasteiger partial charge is 0.481 e. The molecule has 1 saturated carbocycles. The number of aliphatic carboxylic acids is 1. The average molecular weight is 307 g/mol. The number of hydrogen-bond acceptors (Lipinski definition) is 3. The number of hydrogen-bond donors (Lipinski definition) is 2. The quantitative estimate of drug-likeness (QED) is 0.916. The molecule has 0 spiro atoms. The maximum atomic E-state index is 13.2. The number of carbonyl (C=O) groups excluding carboxylic acids is 1. The fourth-order valence-corrected chi connectivity index (χ4v) is 3.74. The highest BCUT2D eigenvalue weighted by Crippen LogP contribution is 2.29. The number of amides is 1. The molecule has 3 rings (SSSR count). The molecular formula is C15H14FNO3S. The van der Waals surface area contributed by atoms with Crippen molar-refractivity contribution in [3.8, 4) is 0 Å². The zero-order valence-corrected chi connectivity index (χ0v) is 12.0. The molecule has 0 radical (unpaired) electrons. The third-order valence-corrected chi connectivity index (χ3v) is 4.97. The first-order valence-electron chi connectivity index (χ1n) is 6.77. The Balaban J connectivity index is 1.79. The number of nitrogens with one attached hydrogen (secondary N) is 1. The summed E-state index contributed by atoms with van der Waals surface area (Å²) < 4.78 is 14.0. The summed E-state index contributed by atoms with van der Waals surface area (Å²) in [6, 6.07) is 5.71. The van der Waals surface area contributed by atoms with Crippen LogP contribution in [0.3, 0.4) is 0 Å². The first-order valence-corrected chi connectivity index (χ1v) is 7.59. The Morgan fingerprint density at radius 2 is 2.10 bits per heavy atom. The normalized spacial score (nSPS) is 21.6. The summed E-state index contributed by atoms with van der Waals surface area (Å²) >= 11 is 1.28. The van der Waals surface area contributed by atoms with E-state index in [4.69, 9.17) is 5.11 Å². The van der Waals surface area contributed by atoms with Crippen LogP contribution in [0.1, 0.15) is 28.9 Å². The summed E-state index contributed by atoms with van der Waals surface area (Å²) in [5.74, 6) is -2.00. The average Bonchev–Trinajstić information content (AvgIpc) is 3.04. The molecule has 1 aliphatic rings. The second-order valence-corrected chi connectivity index (χ2v) is 6.33. The van der Waals surface area contributed by atoms with Crippen molar-refractivity contribution in [1.82, 2.24) is 5.32 Å². The molecule has 1 aromatic carbocycles. The lowest BCUT2D eigenvalue weighted by Crippen LogP contribution is -2.39. The Morgan fingerprint density at radius 1 is 1.29 bits per heavy atom. The van der Waals surface area contributed by atoms with Gasteiger partial charge in [0.25, 0.3) is 5.91 Å². The van der Waals surface area contributed by atoms with E-state index >= 15 is 0 Å². The van der Waals surface area contributed by atoms with Crippen LogP contribution in [-0.4, -0.2) is 23.0 Å². The van der Waals surface area contributed by atoms with Crippen LogP contribution >= 0.6 is 11.3 Å². The minimum atomic E-state index is -0.865. The molecule has 0 bridgehead atoms. The van der Waals surface area contributed by atoms with Gasteiger partial charge in [0.2, 0.25) is 0 Å². The van der Waals surface area contributed by atoms with Crippen molar-refractivity contribution in [2.75, 3.05) is 0 Å². The number of halogens is 1. The monoisotopic (exact) mass is 307 g/mol. The molecule has 6 heteroatoms. The van der Waals surface area contributed by atoms with E-state index < -0.39 is 11.9 Å². The highest BCUT2D eigenvalue weighted by Gasteiger charge is 2.34. The highest BCUT2D eigenvalue weighted by molar-refractivity contribution is 7.20. The first kappa shape index (κ1) is 14.0. The van der Waals surface area contributed by atoms with E-state index in [1.54, 1.807) is 12.1 Å². The summed E-state index contributed by atoms with van der Waals surface area (Å²) in [7, 11) is 0. The molecule has 2 aromatic rings. The lowest BCUT2D eigenvalue weighted by Gasteiger charge is -2.16. The van der Waals surface area contributed by atoms with Crippen molar-refractivity contribution >= 4 is 33.3 Å². The van der Waals surface area contributed by atoms with Gasteiger partial charge in [-0.1, -0.05) is 6.42 Å². The van der Waals surface area contributed by atoms with E-state index in [0.717, 1.165) is 11.1 Å². The van der Waals surface area contributed by atoms with Crippen LogP contribution in [0.5, 0.6) is 0 Å². The molecule has 0 aliphatic heterocycles. The van der Waals surface area contributed by atoms with Crippen LogP contribution in [0.25, 0.3) is 10.1 Å². The fraction of sp³-hybridized carbons (Fsp3) is 0.333. The van der Waals surface area contributed by atoms with E-state index in [9.17, 15) is 14.0 Å². The number of benzene rings is 1. The number of carboxylic acids is 1. The predicted octanol–water partition coefficient (Wildman–Crippen LogP) is 3.02. The summed E-state index contributed by atoms with van der Waals surface area (Å²) in [5, 5.41) is 12.6. The van der Waals surface area contributed by atoms with Crippen LogP contribution in [0, 0.1) is 11.7 Å². The van der Waals surface area contributed by atoms with Crippen LogP contribution in [-0.2, 0) is 4.79 Å². The van der Waals surface area contributed by atoms with Gasteiger partial charge in [-0.3, -0.25) is 9.59 Å². The molecule has 1 heterocycles. The molecular weight excluding hydrogens is 293 g/mol. The van der Waals surface area contributed by atoms with Crippen LogP contribution < -0.4 is 5.32 Å². The zero-order chi connectivity index (χ0) is 15.0. The third kappa shape index (κ3) is 2.76. The first-order chi connectivity index (χ1) is 10.0. The molecule has 21 heavy (non-hydrogen) atoms. The van der Waals surface area contributed by atoms with E-state index in [2.05, 4.69) is 5.32 Å². The minimum Gasteiger partial charge on any atom is -0.481 e. The highest BCUT2D eigenvalue weighted by atomic mass is 32.1. The van der Waals surface area contributed by atoms with E-state index in [1.807, 2.05) is 0 Å². The Hall–Kier alpha value is -1.95. The maximum Gasteiger partial charge on any atom is 0.308 e. The summed E-state index contributed by atoms with van der Waals surface area (Å²) in [6.45, 7) is 0. The maximum absolute atomic E-state index is 13.2. The van der Waals surface area contributed by atoms with Gasteiger partial charge in [0.15, 0.2) is 0 Å². The van der Waals surface area contributed by atoms with Crippen molar-refractivity contribution in [2.24, 2.45) is 5.92 Å². The second-order valence-electron chi connectivity index (χ2n) is 5.25. The molecule has 1 fully saturated rings. The molecule has 2 N–H and O–H groups in total. The number of fused-ring (bicyclic) bond motifs is 1. The topological polar surface area (TPSA) is 66.4 Å². The van der Waals surface area contributed by atoms with Crippen molar-refractivity contribution < 1.29 is 19.1 Å². The number of rotatable bonds is 3. The Kier molecular flexibility index (Phi) is 3.63. The van der Waals surface area contributed by atoms with Gasteiger partial charge in [-0.2, -0.15) is 0 Å². The predicted molar refractivity (Wildman–Crippen MR) is 78.0 cm³/mol. The van der Waals surface area contributed by atoms with Gasteiger partial charge in [-0.15, -0.1) is 11.3 Å². The van der Waals surface area contributed by atoms with Crippen LogP contribution in [0.2, 0.25) is 0 Å². The number of thiophene rings is 1. The summed E-state index contributed by atoms with van der Waals surface area (Å²) in [4.78, 5) is 23.8. The molecule has 0 unspecified atom stereocenters. The summed E-state index contributed by atoms with van der Waals surface area (Å²) in [5.41, 5.74) is 0. The summed E-state index contributed by atoms with van der Waals surface area (Å²) in [6.07, 6.45) is 2.08. The van der Waals surface area contributed by atoms with Gasteiger partial charge in [0.1, 0.15) is 5.82 Å². The third-order valence-electron chi connectivity index (χ3n) is 3.85. The van der Waals surface area contributed by atoms with Gasteiger partial charge >= 0.3 is 5.97 Å². The van der Waals surface area contributed by atoms with E-state index in [1.165, 1.54) is 23.5 Å². The smallest absolute Gasteiger partial charge is 0.308 e. The molecule has 0 saturated heterocycles. The van der Waals surface area contributed by atoms with E-state index in [0.29, 0.717) is 23.1 Å².